The van der Waals surface area contributed by atoms with Crippen LogP contribution >= 0.6 is 0 Å². The zero-order chi connectivity index (χ0) is 31.9. The molecule has 4 rings (SSSR count). The SMILES string of the molecule is COc1ccc([N+](=O)[O-])cc1N(CC(=O)N(Cc1ccc(F)cc1)C(Cc1ccccc1)C(=O)NC1CCCC1)S(C)(=O)=O. The molecule has 3 aromatic carbocycles. The van der Waals surface area contributed by atoms with Crippen molar-refractivity contribution in [1.82, 2.24) is 10.2 Å². The van der Waals surface area contributed by atoms with Crippen molar-refractivity contribution in [2.45, 2.75) is 50.7 Å². The number of sulfonamides is 1. The normalized spacial score (nSPS) is 14.1. The number of methoxy groups -OCH3 is 1. The molecule has 1 aliphatic carbocycles. The van der Waals surface area contributed by atoms with Crippen molar-refractivity contribution >= 4 is 33.2 Å². The Bertz CT molecular complexity index is 1580. The molecule has 0 spiro atoms. The first kappa shape index (κ1) is 32.4. The van der Waals surface area contributed by atoms with E-state index in [0.717, 1.165) is 53.9 Å². The van der Waals surface area contributed by atoms with Gasteiger partial charge in [-0.3, -0.25) is 24.0 Å². The summed E-state index contributed by atoms with van der Waals surface area (Å²) < 4.78 is 45.9. The first-order valence-corrected chi connectivity index (χ1v) is 16.0. The van der Waals surface area contributed by atoms with Gasteiger partial charge in [0, 0.05) is 31.1 Å². The van der Waals surface area contributed by atoms with Crippen LogP contribution in [0, 0.1) is 15.9 Å². The van der Waals surface area contributed by atoms with Crippen molar-refractivity contribution in [3.8, 4) is 5.75 Å². The van der Waals surface area contributed by atoms with E-state index in [4.69, 9.17) is 4.74 Å². The second-order valence-corrected chi connectivity index (χ2v) is 12.6. The number of nitro groups is 1. The molecule has 234 valence electrons. The predicted octanol–water partition coefficient (Wildman–Crippen LogP) is 4.21. The summed E-state index contributed by atoms with van der Waals surface area (Å²) in [6, 6.07) is 16.9. The second-order valence-electron chi connectivity index (χ2n) is 10.7. The number of hydrogen-bond acceptors (Lipinski definition) is 7. The molecule has 1 unspecified atom stereocenters. The largest absolute Gasteiger partial charge is 0.495 e. The van der Waals surface area contributed by atoms with Gasteiger partial charge in [-0.1, -0.05) is 55.3 Å². The van der Waals surface area contributed by atoms with Crippen LogP contribution in [0.1, 0.15) is 36.8 Å². The van der Waals surface area contributed by atoms with Gasteiger partial charge in [-0.15, -0.1) is 0 Å². The van der Waals surface area contributed by atoms with Gasteiger partial charge in [-0.2, -0.15) is 0 Å². The molecule has 0 heterocycles. The van der Waals surface area contributed by atoms with Crippen LogP contribution in [0.4, 0.5) is 15.8 Å². The van der Waals surface area contributed by atoms with Crippen LogP contribution in [0.3, 0.4) is 0 Å². The first-order valence-electron chi connectivity index (χ1n) is 14.1. The van der Waals surface area contributed by atoms with Gasteiger partial charge in [0.2, 0.25) is 21.8 Å². The number of hydrogen-bond donors (Lipinski definition) is 1. The van der Waals surface area contributed by atoms with Gasteiger partial charge < -0.3 is 15.0 Å². The van der Waals surface area contributed by atoms with Gasteiger partial charge >= 0.3 is 0 Å². The topological polar surface area (TPSA) is 139 Å². The quantitative estimate of drug-likeness (QED) is 0.222. The maximum absolute atomic E-state index is 14.2. The zero-order valence-corrected chi connectivity index (χ0v) is 25.3. The molecule has 3 aromatic rings. The number of halogens is 1. The molecule has 0 aliphatic heterocycles. The number of anilines is 1. The number of carbonyl (C=O) groups excluding carboxylic acids is 2. The van der Waals surface area contributed by atoms with E-state index < -0.39 is 50.9 Å². The second kappa shape index (κ2) is 14.3. The van der Waals surface area contributed by atoms with Gasteiger partial charge in [-0.05, 0) is 42.2 Å². The Morgan fingerprint density at radius 2 is 1.70 bits per heavy atom. The van der Waals surface area contributed by atoms with Gasteiger partial charge in [-0.25, -0.2) is 12.8 Å². The van der Waals surface area contributed by atoms with Gasteiger partial charge in [0.1, 0.15) is 29.8 Å². The Hall–Kier alpha value is -4.52. The van der Waals surface area contributed by atoms with E-state index in [0.29, 0.717) is 5.56 Å². The fraction of sp³-hybridized carbons (Fsp3) is 0.355. The Morgan fingerprint density at radius 1 is 1.05 bits per heavy atom. The summed E-state index contributed by atoms with van der Waals surface area (Å²) in [5.41, 5.74) is 0.693. The fourth-order valence-corrected chi connectivity index (χ4v) is 6.13. The highest BCUT2D eigenvalue weighted by molar-refractivity contribution is 7.92. The number of rotatable bonds is 13. The average molecular weight is 627 g/mol. The summed E-state index contributed by atoms with van der Waals surface area (Å²) in [5.74, 6) is -1.61. The molecule has 11 nitrogen and oxygen atoms in total. The standard InChI is InChI=1S/C31H35FN4O7S/c1-43-29-17-16-26(36(39)40)19-27(29)35(44(2,41)42)21-30(37)34(20-23-12-14-24(32)15-13-23)28(18-22-8-4-3-5-9-22)31(38)33-25-10-6-7-11-25/h3-5,8-9,12-17,19,25,28H,6-7,10-11,18,20-21H2,1-2H3,(H,33,38). The van der Waals surface area contributed by atoms with Crippen molar-refractivity contribution in [3.63, 3.8) is 0 Å². The van der Waals surface area contributed by atoms with Crippen LogP contribution < -0.4 is 14.4 Å². The molecule has 0 radical (unpaired) electrons. The van der Waals surface area contributed by atoms with E-state index in [1.807, 2.05) is 30.3 Å². The lowest BCUT2D eigenvalue weighted by Gasteiger charge is -2.34. The Balaban J connectivity index is 1.77. The smallest absolute Gasteiger partial charge is 0.271 e. The maximum atomic E-state index is 14.2. The zero-order valence-electron chi connectivity index (χ0n) is 24.5. The predicted molar refractivity (Wildman–Crippen MR) is 163 cm³/mol. The molecular formula is C31H35FN4O7S. The highest BCUT2D eigenvalue weighted by Crippen LogP contribution is 2.34. The Kier molecular flexibility index (Phi) is 10.5. The van der Waals surface area contributed by atoms with Gasteiger partial charge in [0.15, 0.2) is 0 Å². The number of nitro benzene ring substituents is 1. The van der Waals surface area contributed by atoms with Crippen LogP contribution in [0.25, 0.3) is 0 Å². The molecule has 1 atom stereocenters. The fourth-order valence-electron chi connectivity index (χ4n) is 5.29. The van der Waals surface area contributed by atoms with Gasteiger partial charge in [0.05, 0.1) is 18.3 Å². The third-order valence-electron chi connectivity index (χ3n) is 7.56. The molecule has 1 N–H and O–H groups in total. The molecule has 2 amide bonds. The Labute approximate surface area is 255 Å². The lowest BCUT2D eigenvalue weighted by atomic mass is 10.0. The molecule has 0 saturated heterocycles. The minimum absolute atomic E-state index is 0.00118. The number of nitrogens with zero attached hydrogens (tertiary/aromatic N) is 3. The van der Waals surface area contributed by atoms with E-state index in [1.165, 1.54) is 42.3 Å². The molecular weight excluding hydrogens is 591 g/mol. The minimum Gasteiger partial charge on any atom is -0.495 e. The number of ether oxygens (including phenoxy) is 1. The number of nitrogens with one attached hydrogen (secondary N) is 1. The van der Waals surface area contributed by atoms with Crippen molar-refractivity contribution in [2.24, 2.45) is 0 Å². The van der Waals surface area contributed by atoms with Crippen LogP contribution in [-0.2, 0) is 32.6 Å². The lowest BCUT2D eigenvalue weighted by Crippen LogP contribution is -2.54. The van der Waals surface area contributed by atoms with Gasteiger partial charge in [0.25, 0.3) is 5.69 Å². The van der Waals surface area contributed by atoms with Crippen molar-refractivity contribution in [1.29, 1.82) is 0 Å². The summed E-state index contributed by atoms with van der Waals surface area (Å²) in [4.78, 5) is 40.2. The summed E-state index contributed by atoms with van der Waals surface area (Å²) in [5, 5.41) is 14.6. The molecule has 1 aliphatic rings. The van der Waals surface area contributed by atoms with E-state index in [1.54, 1.807) is 0 Å². The number of carbonyl (C=O) groups is 2. The van der Waals surface area contributed by atoms with Crippen LogP contribution in [0.2, 0.25) is 0 Å². The lowest BCUT2D eigenvalue weighted by molar-refractivity contribution is -0.384. The van der Waals surface area contributed by atoms with Crippen LogP contribution in [-0.4, -0.2) is 62.0 Å². The molecule has 1 saturated carbocycles. The number of amides is 2. The number of benzene rings is 3. The summed E-state index contributed by atoms with van der Waals surface area (Å²) in [6.45, 7) is -0.905. The minimum atomic E-state index is -4.19. The molecule has 1 fully saturated rings. The Morgan fingerprint density at radius 3 is 2.30 bits per heavy atom. The van der Waals surface area contributed by atoms with Crippen molar-refractivity contribution < 1.29 is 32.1 Å². The molecule has 0 aromatic heterocycles. The summed E-state index contributed by atoms with van der Waals surface area (Å²) >= 11 is 0. The van der Waals surface area contributed by atoms with E-state index in [2.05, 4.69) is 5.32 Å². The highest BCUT2D eigenvalue weighted by atomic mass is 32.2. The van der Waals surface area contributed by atoms with Crippen molar-refractivity contribution in [3.05, 3.63) is 99.9 Å². The molecule has 44 heavy (non-hydrogen) atoms. The van der Waals surface area contributed by atoms with Crippen molar-refractivity contribution in [2.75, 3.05) is 24.2 Å². The highest BCUT2D eigenvalue weighted by Gasteiger charge is 2.35. The van der Waals surface area contributed by atoms with Crippen LogP contribution in [0.5, 0.6) is 5.75 Å². The maximum Gasteiger partial charge on any atom is 0.271 e. The number of non-ortho nitro benzene ring substituents is 1. The third-order valence-corrected chi connectivity index (χ3v) is 8.69. The summed E-state index contributed by atoms with van der Waals surface area (Å²) in [7, 11) is -2.92. The first-order chi connectivity index (χ1) is 21.0. The molecule has 13 heteroatoms. The van der Waals surface area contributed by atoms with E-state index in [9.17, 15) is 32.5 Å². The average Bonchev–Trinajstić information content (AvgIpc) is 3.51. The van der Waals surface area contributed by atoms with E-state index >= 15 is 0 Å². The van der Waals surface area contributed by atoms with Crippen LogP contribution in [0.15, 0.2) is 72.8 Å². The third kappa shape index (κ3) is 8.31. The monoisotopic (exact) mass is 626 g/mol. The molecule has 0 bridgehead atoms. The van der Waals surface area contributed by atoms with E-state index in [-0.39, 0.29) is 30.4 Å². The summed E-state index contributed by atoms with van der Waals surface area (Å²) in [6.07, 6.45) is 4.57.